The molecule has 0 fully saturated rings. The standard InChI is InChI=1S/C20H19NO4/c1-12(14-6-4-3-5-7-14)21-18(15-8-10-16(23)11-9-15)17(13(2)22)19(24)20(21)25/h3-12,18,23-24H,1-2H3. The topological polar surface area (TPSA) is 77.8 Å². The summed E-state index contributed by atoms with van der Waals surface area (Å²) in [5.41, 5.74) is 1.64. The molecule has 0 bridgehead atoms. The number of carbonyl (C=O) groups is 2. The number of aromatic hydroxyl groups is 1. The molecule has 2 N–H and O–H groups in total. The number of ketones is 1. The van der Waals surface area contributed by atoms with Crippen LogP contribution in [0.15, 0.2) is 65.9 Å². The molecule has 1 amide bonds. The van der Waals surface area contributed by atoms with Gasteiger partial charge in [0.1, 0.15) is 5.75 Å². The van der Waals surface area contributed by atoms with Gasteiger partial charge in [0.2, 0.25) is 0 Å². The van der Waals surface area contributed by atoms with Crippen molar-refractivity contribution in [3.05, 3.63) is 77.1 Å². The van der Waals surface area contributed by atoms with Crippen LogP contribution in [0.25, 0.3) is 0 Å². The average Bonchev–Trinajstić information content (AvgIpc) is 2.87. The van der Waals surface area contributed by atoms with Crippen LogP contribution in [0.2, 0.25) is 0 Å². The third-order valence-electron chi connectivity index (χ3n) is 4.53. The number of phenols is 1. The molecule has 0 radical (unpaired) electrons. The van der Waals surface area contributed by atoms with Crippen LogP contribution < -0.4 is 0 Å². The number of aliphatic hydroxyl groups is 1. The molecule has 0 spiro atoms. The molecule has 1 aliphatic rings. The van der Waals surface area contributed by atoms with Crippen molar-refractivity contribution < 1.29 is 19.8 Å². The van der Waals surface area contributed by atoms with Crippen LogP contribution in [-0.4, -0.2) is 26.8 Å². The zero-order valence-electron chi connectivity index (χ0n) is 14.0. The molecule has 1 heterocycles. The number of rotatable bonds is 4. The zero-order chi connectivity index (χ0) is 18.1. The maximum absolute atomic E-state index is 12.7. The lowest BCUT2D eigenvalue weighted by Gasteiger charge is -2.32. The Morgan fingerprint density at radius 2 is 1.64 bits per heavy atom. The molecular formula is C20H19NO4. The predicted octanol–water partition coefficient (Wildman–Crippen LogP) is 3.44. The number of carbonyl (C=O) groups excluding carboxylic acids is 2. The van der Waals surface area contributed by atoms with Gasteiger partial charge in [-0.05, 0) is 37.1 Å². The summed E-state index contributed by atoms with van der Waals surface area (Å²) >= 11 is 0. The van der Waals surface area contributed by atoms with Crippen LogP contribution in [0, 0.1) is 0 Å². The highest BCUT2D eigenvalue weighted by molar-refractivity contribution is 6.08. The molecule has 2 aromatic carbocycles. The number of phenolic OH excluding ortho intramolecular Hbond substituents is 1. The third kappa shape index (κ3) is 2.89. The fraction of sp³-hybridized carbons (Fsp3) is 0.200. The van der Waals surface area contributed by atoms with Gasteiger partial charge < -0.3 is 15.1 Å². The van der Waals surface area contributed by atoms with E-state index in [1.54, 1.807) is 12.1 Å². The van der Waals surface area contributed by atoms with Gasteiger partial charge in [0.05, 0.1) is 17.7 Å². The summed E-state index contributed by atoms with van der Waals surface area (Å²) in [5.74, 6) is -1.34. The molecule has 1 aliphatic heterocycles. The zero-order valence-corrected chi connectivity index (χ0v) is 14.0. The van der Waals surface area contributed by atoms with E-state index in [1.807, 2.05) is 37.3 Å². The van der Waals surface area contributed by atoms with E-state index < -0.39 is 17.7 Å². The molecule has 2 atom stereocenters. The van der Waals surface area contributed by atoms with Crippen molar-refractivity contribution in [1.82, 2.24) is 4.90 Å². The van der Waals surface area contributed by atoms with Crippen LogP contribution >= 0.6 is 0 Å². The van der Waals surface area contributed by atoms with Gasteiger partial charge in [0.15, 0.2) is 11.5 Å². The fourth-order valence-corrected chi connectivity index (χ4v) is 3.26. The molecule has 2 aromatic rings. The van der Waals surface area contributed by atoms with Gasteiger partial charge in [-0.2, -0.15) is 0 Å². The number of Topliss-reactive ketones (excluding diaryl/α,β-unsaturated/α-hetero) is 1. The lowest BCUT2D eigenvalue weighted by Crippen LogP contribution is -2.33. The maximum atomic E-state index is 12.7. The Morgan fingerprint density at radius 1 is 1.04 bits per heavy atom. The van der Waals surface area contributed by atoms with E-state index in [0.717, 1.165) is 5.56 Å². The molecule has 3 rings (SSSR count). The Balaban J connectivity index is 2.11. The minimum absolute atomic E-state index is 0.0819. The lowest BCUT2D eigenvalue weighted by molar-refractivity contribution is -0.131. The maximum Gasteiger partial charge on any atom is 0.290 e. The van der Waals surface area contributed by atoms with E-state index >= 15 is 0 Å². The summed E-state index contributed by atoms with van der Waals surface area (Å²) in [5, 5.41) is 19.8. The molecular weight excluding hydrogens is 318 g/mol. The van der Waals surface area contributed by atoms with Crippen LogP contribution in [0.4, 0.5) is 0 Å². The Morgan fingerprint density at radius 3 is 2.20 bits per heavy atom. The second-order valence-electron chi connectivity index (χ2n) is 6.11. The largest absolute Gasteiger partial charge is 0.508 e. The first-order valence-corrected chi connectivity index (χ1v) is 8.02. The molecule has 2 unspecified atom stereocenters. The van der Waals surface area contributed by atoms with Crippen molar-refractivity contribution >= 4 is 11.7 Å². The molecule has 25 heavy (non-hydrogen) atoms. The second-order valence-corrected chi connectivity index (χ2v) is 6.11. The van der Waals surface area contributed by atoms with Gasteiger partial charge in [0, 0.05) is 0 Å². The van der Waals surface area contributed by atoms with E-state index in [1.165, 1.54) is 24.0 Å². The normalized spacial score (nSPS) is 18.6. The second kappa shape index (κ2) is 6.43. The van der Waals surface area contributed by atoms with E-state index in [0.29, 0.717) is 5.56 Å². The Labute approximate surface area is 145 Å². The van der Waals surface area contributed by atoms with E-state index in [2.05, 4.69) is 0 Å². The Kier molecular flexibility index (Phi) is 4.31. The van der Waals surface area contributed by atoms with Crippen molar-refractivity contribution in [2.45, 2.75) is 25.9 Å². The number of hydrogen-bond acceptors (Lipinski definition) is 4. The number of hydrogen-bond donors (Lipinski definition) is 2. The summed E-state index contributed by atoms with van der Waals surface area (Å²) in [7, 11) is 0. The first-order valence-electron chi connectivity index (χ1n) is 8.02. The van der Waals surface area contributed by atoms with E-state index in [4.69, 9.17) is 0 Å². The first-order chi connectivity index (χ1) is 11.9. The van der Waals surface area contributed by atoms with Gasteiger partial charge in [0.25, 0.3) is 5.91 Å². The van der Waals surface area contributed by atoms with Gasteiger partial charge in [-0.15, -0.1) is 0 Å². The smallest absolute Gasteiger partial charge is 0.290 e. The summed E-state index contributed by atoms with van der Waals surface area (Å²) < 4.78 is 0. The quantitative estimate of drug-likeness (QED) is 0.896. The van der Waals surface area contributed by atoms with Crippen LogP contribution in [-0.2, 0) is 9.59 Å². The highest BCUT2D eigenvalue weighted by Crippen LogP contribution is 2.42. The molecule has 128 valence electrons. The van der Waals surface area contributed by atoms with Crippen LogP contribution in [0.3, 0.4) is 0 Å². The third-order valence-corrected chi connectivity index (χ3v) is 4.53. The minimum atomic E-state index is -0.694. The van der Waals surface area contributed by atoms with Gasteiger partial charge >= 0.3 is 0 Å². The summed E-state index contributed by atoms with van der Waals surface area (Å²) in [6, 6.07) is 14.7. The molecule has 0 aromatic heterocycles. The number of aliphatic hydroxyl groups excluding tert-OH is 1. The number of nitrogens with zero attached hydrogens (tertiary/aromatic N) is 1. The minimum Gasteiger partial charge on any atom is -0.508 e. The lowest BCUT2D eigenvalue weighted by atomic mass is 9.95. The summed E-state index contributed by atoms with van der Waals surface area (Å²) in [6.45, 7) is 3.19. The Hall–Kier alpha value is -3.08. The van der Waals surface area contributed by atoms with Crippen LogP contribution in [0.5, 0.6) is 5.75 Å². The highest BCUT2D eigenvalue weighted by atomic mass is 16.3. The molecule has 0 saturated heterocycles. The molecule has 0 aliphatic carbocycles. The van der Waals surface area contributed by atoms with Crippen LogP contribution in [0.1, 0.15) is 37.1 Å². The van der Waals surface area contributed by atoms with Gasteiger partial charge in [-0.25, -0.2) is 0 Å². The Bertz CT molecular complexity index is 840. The van der Waals surface area contributed by atoms with E-state index in [-0.39, 0.29) is 23.1 Å². The molecule has 0 saturated carbocycles. The average molecular weight is 337 g/mol. The number of benzene rings is 2. The van der Waals surface area contributed by atoms with E-state index in [9.17, 15) is 19.8 Å². The van der Waals surface area contributed by atoms with Crippen molar-refractivity contribution in [1.29, 1.82) is 0 Å². The van der Waals surface area contributed by atoms with Crippen molar-refractivity contribution in [2.75, 3.05) is 0 Å². The van der Waals surface area contributed by atoms with Gasteiger partial charge in [-0.3, -0.25) is 9.59 Å². The van der Waals surface area contributed by atoms with Crippen molar-refractivity contribution in [3.8, 4) is 5.75 Å². The van der Waals surface area contributed by atoms with Crippen molar-refractivity contribution in [2.24, 2.45) is 0 Å². The summed E-state index contributed by atoms with van der Waals surface area (Å²) in [4.78, 5) is 26.3. The summed E-state index contributed by atoms with van der Waals surface area (Å²) in [6.07, 6.45) is 0. The molecule has 5 nitrogen and oxygen atoms in total. The fourth-order valence-electron chi connectivity index (χ4n) is 3.26. The highest BCUT2D eigenvalue weighted by Gasteiger charge is 2.44. The SMILES string of the molecule is CC(=O)C1=C(O)C(=O)N(C(C)c2ccccc2)C1c1ccc(O)cc1. The first kappa shape index (κ1) is 16.8. The predicted molar refractivity (Wildman–Crippen MR) is 92.9 cm³/mol. The number of amides is 1. The monoisotopic (exact) mass is 337 g/mol. The molecule has 5 heteroatoms. The van der Waals surface area contributed by atoms with Crippen molar-refractivity contribution in [3.63, 3.8) is 0 Å². The van der Waals surface area contributed by atoms with Gasteiger partial charge in [-0.1, -0.05) is 42.5 Å².